The highest BCUT2D eigenvalue weighted by molar-refractivity contribution is 7.09. The van der Waals surface area contributed by atoms with Crippen molar-refractivity contribution in [1.82, 2.24) is 0 Å². The summed E-state index contributed by atoms with van der Waals surface area (Å²) in [7, 11) is 0. The molecule has 0 saturated carbocycles. The number of rotatable bonds is 4. The fourth-order valence-electron chi connectivity index (χ4n) is 2.10. The van der Waals surface area contributed by atoms with Gasteiger partial charge in [0, 0.05) is 10.9 Å². The predicted octanol–water partition coefficient (Wildman–Crippen LogP) is 2.58. The summed E-state index contributed by atoms with van der Waals surface area (Å²) in [6, 6.07) is 4.48. The van der Waals surface area contributed by atoms with Gasteiger partial charge in [0.1, 0.15) is 0 Å². The normalized spacial score (nSPS) is 28.1. The third kappa shape index (κ3) is 3.03. The Balaban J connectivity index is 1.75. The van der Waals surface area contributed by atoms with E-state index in [9.17, 15) is 0 Å². The largest absolute Gasteiger partial charge is 0.374 e. The summed E-state index contributed by atoms with van der Waals surface area (Å²) in [6.07, 6.45) is 5.12. The fraction of sp³-hybridized carbons (Fsp3) is 0.667. The molecule has 2 nitrogen and oxygen atoms in total. The fourth-order valence-corrected chi connectivity index (χ4v) is 2.82. The molecular weight excluding hydrogens is 206 g/mol. The molecule has 1 aliphatic heterocycles. The third-order valence-corrected chi connectivity index (χ3v) is 3.98. The molecule has 0 aromatic carbocycles. The Labute approximate surface area is 95.4 Å². The van der Waals surface area contributed by atoms with Crippen molar-refractivity contribution in [1.29, 1.82) is 0 Å². The summed E-state index contributed by atoms with van der Waals surface area (Å²) in [5.74, 6) is 0. The number of nitrogens with two attached hydrogens (primary N) is 1. The highest BCUT2D eigenvalue weighted by atomic mass is 32.1. The molecule has 1 aromatic rings. The van der Waals surface area contributed by atoms with Gasteiger partial charge in [0.25, 0.3) is 0 Å². The van der Waals surface area contributed by atoms with Crippen LogP contribution in [0.1, 0.15) is 31.1 Å². The van der Waals surface area contributed by atoms with Gasteiger partial charge in [-0.15, -0.1) is 11.3 Å². The molecule has 3 atom stereocenters. The Kier molecular flexibility index (Phi) is 3.78. The van der Waals surface area contributed by atoms with Gasteiger partial charge < -0.3 is 10.5 Å². The summed E-state index contributed by atoms with van der Waals surface area (Å²) in [5.41, 5.74) is 6.14. The quantitative estimate of drug-likeness (QED) is 0.854. The Hall–Kier alpha value is -0.380. The average Bonchev–Trinajstić information content (AvgIpc) is 2.84. The van der Waals surface area contributed by atoms with Gasteiger partial charge in [0.15, 0.2) is 0 Å². The Morgan fingerprint density at radius 2 is 2.47 bits per heavy atom. The maximum absolute atomic E-state index is 6.14. The van der Waals surface area contributed by atoms with Crippen LogP contribution in [0.25, 0.3) is 0 Å². The van der Waals surface area contributed by atoms with E-state index in [1.165, 1.54) is 4.88 Å². The van der Waals surface area contributed by atoms with E-state index in [0.29, 0.717) is 12.2 Å². The molecule has 0 amide bonds. The number of ether oxygens (including phenoxy) is 1. The molecule has 0 aliphatic carbocycles. The molecular formula is C12H19NOS. The van der Waals surface area contributed by atoms with Crippen LogP contribution in [0.5, 0.6) is 0 Å². The minimum atomic E-state index is 0.206. The van der Waals surface area contributed by atoms with E-state index in [1.807, 2.05) is 11.3 Å². The van der Waals surface area contributed by atoms with Crippen LogP contribution in [0.2, 0.25) is 0 Å². The number of hydrogen-bond donors (Lipinski definition) is 1. The molecule has 3 heteroatoms. The van der Waals surface area contributed by atoms with E-state index in [1.54, 1.807) is 0 Å². The highest BCUT2D eigenvalue weighted by Gasteiger charge is 2.26. The molecule has 2 rings (SSSR count). The van der Waals surface area contributed by atoms with Gasteiger partial charge in [-0.2, -0.15) is 0 Å². The van der Waals surface area contributed by atoms with Crippen molar-refractivity contribution in [3.8, 4) is 0 Å². The van der Waals surface area contributed by atoms with Crippen molar-refractivity contribution in [2.24, 2.45) is 5.73 Å². The van der Waals surface area contributed by atoms with Crippen molar-refractivity contribution < 1.29 is 4.74 Å². The lowest BCUT2D eigenvalue weighted by Crippen LogP contribution is -2.35. The molecule has 0 bridgehead atoms. The smallest absolute Gasteiger partial charge is 0.0730 e. The first kappa shape index (κ1) is 11.1. The zero-order valence-electron chi connectivity index (χ0n) is 9.19. The summed E-state index contributed by atoms with van der Waals surface area (Å²) >= 11 is 1.81. The van der Waals surface area contributed by atoms with E-state index < -0.39 is 0 Å². The zero-order chi connectivity index (χ0) is 10.7. The Bertz CT molecular complexity index is 286. The van der Waals surface area contributed by atoms with Crippen molar-refractivity contribution in [3.05, 3.63) is 22.4 Å². The van der Waals surface area contributed by atoms with Crippen LogP contribution in [-0.4, -0.2) is 18.2 Å². The maximum atomic E-state index is 6.14. The van der Waals surface area contributed by atoms with Crippen molar-refractivity contribution in [3.63, 3.8) is 0 Å². The second-order valence-corrected chi connectivity index (χ2v) is 5.38. The van der Waals surface area contributed by atoms with E-state index >= 15 is 0 Å². The van der Waals surface area contributed by atoms with E-state index in [-0.39, 0.29) is 6.04 Å². The van der Waals surface area contributed by atoms with Gasteiger partial charge in [-0.25, -0.2) is 0 Å². The molecule has 2 N–H and O–H groups in total. The Morgan fingerprint density at radius 1 is 1.60 bits per heavy atom. The van der Waals surface area contributed by atoms with Gasteiger partial charge in [0.2, 0.25) is 0 Å². The molecule has 1 aromatic heterocycles. The second kappa shape index (κ2) is 5.10. The summed E-state index contributed by atoms with van der Waals surface area (Å²) < 4.78 is 5.77. The lowest BCUT2D eigenvalue weighted by atomic mass is 10.0. The molecule has 1 fully saturated rings. The molecule has 0 spiro atoms. The number of hydrogen-bond acceptors (Lipinski definition) is 3. The first-order chi connectivity index (χ1) is 7.25. The van der Waals surface area contributed by atoms with E-state index in [0.717, 1.165) is 25.7 Å². The van der Waals surface area contributed by atoms with Crippen LogP contribution in [0.15, 0.2) is 17.5 Å². The molecule has 15 heavy (non-hydrogen) atoms. The summed E-state index contributed by atoms with van der Waals surface area (Å²) in [5, 5.41) is 2.12. The first-order valence-corrected chi connectivity index (χ1v) is 6.57. The first-order valence-electron chi connectivity index (χ1n) is 5.69. The van der Waals surface area contributed by atoms with Crippen LogP contribution >= 0.6 is 11.3 Å². The summed E-state index contributed by atoms with van der Waals surface area (Å²) in [6.45, 7) is 2.13. The van der Waals surface area contributed by atoms with Crippen LogP contribution in [0.4, 0.5) is 0 Å². The zero-order valence-corrected chi connectivity index (χ0v) is 10.0. The Morgan fingerprint density at radius 3 is 3.07 bits per heavy atom. The molecule has 1 saturated heterocycles. The molecule has 0 radical (unpaired) electrons. The van der Waals surface area contributed by atoms with Crippen LogP contribution in [-0.2, 0) is 11.2 Å². The van der Waals surface area contributed by atoms with Crippen LogP contribution in [0, 0.1) is 0 Å². The highest BCUT2D eigenvalue weighted by Crippen LogP contribution is 2.23. The second-order valence-electron chi connectivity index (χ2n) is 4.34. The predicted molar refractivity (Wildman–Crippen MR) is 64.2 cm³/mol. The van der Waals surface area contributed by atoms with Gasteiger partial charge in [0.05, 0.1) is 12.2 Å². The molecule has 2 heterocycles. The minimum Gasteiger partial charge on any atom is -0.374 e. The van der Waals surface area contributed by atoms with Crippen molar-refractivity contribution >= 4 is 11.3 Å². The SMILES string of the molecule is CC1CCC(C(N)CCc2cccs2)O1. The summed E-state index contributed by atoms with van der Waals surface area (Å²) in [4.78, 5) is 1.43. The van der Waals surface area contributed by atoms with E-state index in [2.05, 4.69) is 24.4 Å². The lowest BCUT2D eigenvalue weighted by Gasteiger charge is -2.18. The van der Waals surface area contributed by atoms with Gasteiger partial charge >= 0.3 is 0 Å². The van der Waals surface area contributed by atoms with Crippen molar-refractivity contribution in [2.45, 2.75) is 50.9 Å². The third-order valence-electron chi connectivity index (χ3n) is 3.05. The number of aryl methyl sites for hydroxylation is 1. The van der Waals surface area contributed by atoms with E-state index in [4.69, 9.17) is 10.5 Å². The van der Waals surface area contributed by atoms with Gasteiger partial charge in [-0.05, 0) is 44.1 Å². The monoisotopic (exact) mass is 225 g/mol. The van der Waals surface area contributed by atoms with Crippen LogP contribution in [0.3, 0.4) is 0 Å². The van der Waals surface area contributed by atoms with Gasteiger partial charge in [-0.3, -0.25) is 0 Å². The average molecular weight is 225 g/mol. The molecule has 3 unspecified atom stereocenters. The maximum Gasteiger partial charge on any atom is 0.0730 e. The van der Waals surface area contributed by atoms with Gasteiger partial charge in [-0.1, -0.05) is 6.07 Å². The van der Waals surface area contributed by atoms with Crippen LogP contribution < -0.4 is 5.73 Å². The minimum absolute atomic E-state index is 0.206. The molecule has 84 valence electrons. The topological polar surface area (TPSA) is 35.2 Å². The lowest BCUT2D eigenvalue weighted by molar-refractivity contribution is 0.0388. The number of thiophene rings is 1. The molecule has 1 aliphatic rings. The van der Waals surface area contributed by atoms with Crippen molar-refractivity contribution in [2.75, 3.05) is 0 Å². The standard InChI is InChI=1S/C12H19NOS/c1-9-4-7-12(14-9)11(13)6-5-10-3-2-8-15-10/h2-3,8-9,11-12H,4-7,13H2,1H3.